The molecule has 9 nitrogen and oxygen atoms in total. The van der Waals surface area contributed by atoms with Gasteiger partial charge in [-0.05, 0) is 73.9 Å². The molecule has 0 unspecified atom stereocenters. The highest BCUT2D eigenvalue weighted by Gasteiger charge is 2.25. The van der Waals surface area contributed by atoms with Gasteiger partial charge in [0.25, 0.3) is 15.1 Å². The normalized spacial score (nSPS) is 17.6. The van der Waals surface area contributed by atoms with Crippen LogP contribution in [0.25, 0.3) is 16.3 Å². The number of para-hydroxylation sites is 2. The van der Waals surface area contributed by atoms with Crippen molar-refractivity contribution in [2.75, 3.05) is 30.0 Å². The first kappa shape index (κ1) is 35.8. The Morgan fingerprint density at radius 2 is 1.74 bits per heavy atom. The number of hydrogen-bond acceptors (Lipinski definition) is 10. The van der Waals surface area contributed by atoms with Crippen LogP contribution in [0.1, 0.15) is 50.0 Å². The van der Waals surface area contributed by atoms with Crippen LogP contribution in [-0.4, -0.2) is 46.5 Å². The molecule has 1 aliphatic carbocycles. The number of halogens is 1. The molecule has 0 saturated heterocycles. The fraction of sp³-hybridized carbons (Fsp3) is 0.364. The lowest BCUT2D eigenvalue weighted by atomic mass is 9.94. The summed E-state index contributed by atoms with van der Waals surface area (Å²) >= 11 is 10.4. The third-order valence-corrected chi connectivity index (χ3v) is 12.6. The molecule has 0 saturated carbocycles. The van der Waals surface area contributed by atoms with Crippen LogP contribution in [0, 0.1) is 0 Å². The van der Waals surface area contributed by atoms with E-state index in [-0.39, 0.29) is 11.5 Å². The van der Waals surface area contributed by atoms with E-state index in [9.17, 15) is 21.4 Å². The molecule has 0 fully saturated rings. The van der Waals surface area contributed by atoms with Crippen molar-refractivity contribution in [2.45, 2.75) is 56.4 Å². The van der Waals surface area contributed by atoms with Crippen LogP contribution >= 0.6 is 34.7 Å². The van der Waals surface area contributed by atoms with E-state index in [0.717, 1.165) is 66.3 Å². The highest BCUT2D eigenvalue weighted by molar-refractivity contribution is 8.03. The summed E-state index contributed by atoms with van der Waals surface area (Å²) in [6.07, 6.45) is 13.2. The van der Waals surface area contributed by atoms with Gasteiger partial charge in [-0.1, -0.05) is 71.1 Å². The number of hydroxylamine groups is 1. The van der Waals surface area contributed by atoms with E-state index in [4.69, 9.17) is 11.6 Å². The number of unbranched alkanes of at least 4 members (excludes halogenated alkanes) is 2. The van der Waals surface area contributed by atoms with Gasteiger partial charge in [0.05, 0.1) is 26.6 Å². The molecular formula is C33H38ClN3O6S4. The predicted octanol–water partition coefficient (Wildman–Crippen LogP) is 6.85. The van der Waals surface area contributed by atoms with Crippen molar-refractivity contribution in [3.8, 4) is 0 Å². The first-order valence-corrected chi connectivity index (χ1v) is 20.7. The standard InChI is InChI=1S/C33H38ClN3O6S4/c1-35-43-47(41,42)24-9-7-22-37-28-14-3-5-16-30(28)45-32(37)20-18-26-12-10-11-25(33(26)34)17-19-31-36(21-6-8-23-46(38,39)40)27-13-2-4-15-29(27)44-31/h2-5,13-20,35H,6-12,21-24H2,1H3. The molecule has 252 valence electrons. The zero-order chi connectivity index (χ0) is 33.4. The lowest BCUT2D eigenvalue weighted by Gasteiger charge is -2.21. The van der Waals surface area contributed by atoms with Crippen molar-refractivity contribution in [1.82, 2.24) is 5.48 Å². The summed E-state index contributed by atoms with van der Waals surface area (Å²) < 4.78 is 65.1. The van der Waals surface area contributed by atoms with Gasteiger partial charge in [0, 0.05) is 47.8 Å². The van der Waals surface area contributed by atoms with E-state index in [1.165, 1.54) is 7.05 Å². The monoisotopic (exact) mass is 735 g/mol. The van der Waals surface area contributed by atoms with Crippen LogP contribution in [0.2, 0.25) is 0 Å². The smallest absolute Gasteiger partial charge is 0.283 e. The molecule has 0 bridgehead atoms. The lowest BCUT2D eigenvalue weighted by molar-refractivity contribution is -0.669. The maximum atomic E-state index is 11.9. The van der Waals surface area contributed by atoms with Crippen LogP contribution in [0.5, 0.6) is 0 Å². The number of rotatable bonds is 15. The summed E-state index contributed by atoms with van der Waals surface area (Å²) in [5.41, 5.74) is 6.56. The van der Waals surface area contributed by atoms with Crippen molar-refractivity contribution in [2.24, 2.45) is 0 Å². The summed E-state index contributed by atoms with van der Waals surface area (Å²) in [6, 6.07) is 16.3. The summed E-state index contributed by atoms with van der Waals surface area (Å²) in [5, 5.41) is 2.85. The average Bonchev–Trinajstić information content (AvgIpc) is 3.57. The number of benzene rings is 2. The molecule has 0 spiro atoms. The van der Waals surface area contributed by atoms with Crippen LogP contribution in [0.4, 0.5) is 5.69 Å². The van der Waals surface area contributed by atoms with Gasteiger partial charge in [-0.15, -0.1) is 0 Å². The van der Waals surface area contributed by atoms with Gasteiger partial charge in [-0.2, -0.15) is 22.7 Å². The topological polar surface area (TPSA) is 120 Å². The molecule has 2 heterocycles. The Morgan fingerprint density at radius 1 is 0.979 bits per heavy atom. The van der Waals surface area contributed by atoms with E-state index in [1.807, 2.05) is 24.3 Å². The van der Waals surface area contributed by atoms with Gasteiger partial charge in [0.2, 0.25) is 5.52 Å². The number of aryl methyl sites for hydroxylation is 1. The minimum atomic E-state index is -4.22. The number of hydrogen-bond donors (Lipinski definition) is 1. The second kappa shape index (κ2) is 16.3. The lowest BCUT2D eigenvalue weighted by Crippen LogP contribution is -2.35. The Labute approximate surface area is 290 Å². The Kier molecular flexibility index (Phi) is 12.4. The van der Waals surface area contributed by atoms with E-state index in [1.54, 1.807) is 23.1 Å². The largest absolute Gasteiger partial charge is 0.748 e. The Bertz CT molecular complexity index is 1930. The summed E-state index contributed by atoms with van der Waals surface area (Å²) in [4.78, 5) is 3.31. The van der Waals surface area contributed by atoms with Crippen molar-refractivity contribution in [3.63, 3.8) is 0 Å². The fourth-order valence-electron chi connectivity index (χ4n) is 5.63. The fourth-order valence-corrected chi connectivity index (χ4v) is 9.58. The second-order valence-corrected chi connectivity index (χ2v) is 16.9. The molecule has 1 N–H and O–H groups in total. The molecule has 5 rings (SSSR count). The van der Waals surface area contributed by atoms with E-state index in [2.05, 4.69) is 67.8 Å². The maximum Gasteiger partial charge on any atom is 0.283 e. The molecule has 2 aliphatic rings. The predicted molar refractivity (Wildman–Crippen MR) is 191 cm³/mol. The summed E-state index contributed by atoms with van der Waals surface area (Å²) in [6.45, 7) is 1.29. The van der Waals surface area contributed by atoms with Gasteiger partial charge in [0.1, 0.15) is 4.70 Å². The van der Waals surface area contributed by atoms with Crippen molar-refractivity contribution in [1.29, 1.82) is 0 Å². The van der Waals surface area contributed by atoms with Crippen molar-refractivity contribution in [3.05, 3.63) is 93.0 Å². The Morgan fingerprint density at radius 3 is 2.55 bits per heavy atom. The van der Waals surface area contributed by atoms with Crippen LogP contribution in [0.3, 0.4) is 0 Å². The van der Waals surface area contributed by atoms with E-state index < -0.39 is 20.2 Å². The maximum absolute atomic E-state index is 11.9. The summed E-state index contributed by atoms with van der Waals surface area (Å²) in [5.74, 6) is -0.406. The first-order valence-electron chi connectivity index (χ1n) is 15.5. The van der Waals surface area contributed by atoms with Crippen molar-refractivity contribution >= 4 is 76.9 Å². The molecule has 2 aromatic carbocycles. The molecular weight excluding hydrogens is 698 g/mol. The minimum absolute atomic E-state index is 0.0521. The third-order valence-electron chi connectivity index (χ3n) is 7.85. The number of aromatic nitrogens is 1. The van der Waals surface area contributed by atoms with E-state index >= 15 is 0 Å². The number of nitrogens with zero attached hydrogens (tertiary/aromatic N) is 2. The third kappa shape index (κ3) is 9.79. The molecule has 1 aliphatic heterocycles. The van der Waals surface area contributed by atoms with Gasteiger partial charge >= 0.3 is 0 Å². The minimum Gasteiger partial charge on any atom is -0.748 e. The van der Waals surface area contributed by atoms with Crippen LogP contribution in [0.15, 0.2) is 92.9 Å². The number of allylic oxidation sites excluding steroid dienone is 6. The molecule has 1 aromatic heterocycles. The molecule has 0 atom stereocenters. The van der Waals surface area contributed by atoms with Gasteiger partial charge < -0.3 is 9.45 Å². The number of thioether (sulfide) groups is 1. The number of thiazole rings is 1. The van der Waals surface area contributed by atoms with E-state index in [0.29, 0.717) is 38.8 Å². The van der Waals surface area contributed by atoms with Crippen LogP contribution < -0.4 is 14.9 Å². The van der Waals surface area contributed by atoms with Crippen molar-refractivity contribution < 1.29 is 30.2 Å². The molecule has 14 heteroatoms. The Balaban J connectivity index is 1.33. The zero-order valence-electron chi connectivity index (χ0n) is 26.1. The highest BCUT2D eigenvalue weighted by atomic mass is 35.5. The number of fused-ring (bicyclic) bond motifs is 2. The SMILES string of the molecule is CNOS(=O)(=O)CCCC[n+]1c(/C=C/C2=C(Cl)C(=C/C=C3\Sc4ccccc4N3CCCCS(=O)(=O)[O-])/CCC2)sc2ccccc21. The van der Waals surface area contributed by atoms with Crippen LogP contribution in [-0.2, 0) is 31.1 Å². The molecule has 0 amide bonds. The van der Waals surface area contributed by atoms with Gasteiger partial charge in [-0.25, -0.2) is 8.42 Å². The first-order chi connectivity index (χ1) is 22.5. The summed E-state index contributed by atoms with van der Waals surface area (Å²) in [7, 11) is -6.39. The quantitative estimate of drug-likeness (QED) is 0.0774. The molecule has 3 aromatic rings. The zero-order valence-corrected chi connectivity index (χ0v) is 30.1. The Hall–Kier alpha value is -2.49. The molecule has 0 radical (unpaired) electrons. The highest BCUT2D eigenvalue weighted by Crippen LogP contribution is 2.46. The molecule has 47 heavy (non-hydrogen) atoms. The van der Waals surface area contributed by atoms with Gasteiger partial charge in [-0.3, -0.25) is 0 Å². The second-order valence-electron chi connectivity index (χ2n) is 11.2. The number of anilines is 1. The average molecular weight is 736 g/mol. The number of nitrogens with one attached hydrogen (secondary N) is 1. The van der Waals surface area contributed by atoms with Gasteiger partial charge in [0.15, 0.2) is 6.54 Å².